The van der Waals surface area contributed by atoms with Gasteiger partial charge in [-0.15, -0.1) is 11.8 Å². The van der Waals surface area contributed by atoms with Crippen molar-refractivity contribution < 1.29 is 9.53 Å². The second kappa shape index (κ2) is 7.11. The van der Waals surface area contributed by atoms with Gasteiger partial charge in [-0.3, -0.25) is 4.79 Å². The van der Waals surface area contributed by atoms with Crippen molar-refractivity contribution in [3.8, 4) is 0 Å². The largest absolute Gasteiger partial charge is 0.379 e. The van der Waals surface area contributed by atoms with Crippen LogP contribution in [0.1, 0.15) is 18.5 Å². The van der Waals surface area contributed by atoms with Crippen LogP contribution in [-0.2, 0) is 9.53 Å². The summed E-state index contributed by atoms with van der Waals surface area (Å²) in [6.45, 7) is 3.11. The Morgan fingerprint density at radius 2 is 2.05 bits per heavy atom. The van der Waals surface area contributed by atoms with Gasteiger partial charge in [0.2, 0.25) is 5.91 Å². The molecule has 2 N–H and O–H groups in total. The number of rotatable bonds is 5. The number of thioether (sulfide) groups is 1. The number of likely N-dealkylation sites (N-methyl/N-ethyl adjacent to an activating group) is 1. The molecule has 5 heteroatoms. The molecule has 1 aliphatic rings. The molecule has 1 fully saturated rings. The Hall–Kier alpha value is -1.04. The van der Waals surface area contributed by atoms with E-state index in [1.54, 1.807) is 11.8 Å². The maximum Gasteiger partial charge on any atom is 0.227 e. The van der Waals surface area contributed by atoms with E-state index in [-0.39, 0.29) is 23.9 Å². The molecule has 1 amide bonds. The molecule has 0 aliphatic carbocycles. The van der Waals surface area contributed by atoms with Crippen LogP contribution in [0.25, 0.3) is 0 Å². The summed E-state index contributed by atoms with van der Waals surface area (Å²) in [6.07, 6.45) is 2.05. The topological polar surface area (TPSA) is 50.4 Å². The van der Waals surface area contributed by atoms with Gasteiger partial charge in [0.15, 0.2) is 0 Å². The Balaban J connectivity index is 1.96. The lowest BCUT2D eigenvalue weighted by Gasteiger charge is -2.20. The average Bonchev–Trinajstić information content (AvgIpc) is 2.95. The maximum atomic E-state index is 12.3. The molecule has 1 saturated heterocycles. The van der Waals surface area contributed by atoms with Gasteiger partial charge < -0.3 is 15.4 Å². The first-order valence-electron chi connectivity index (χ1n) is 6.85. The van der Waals surface area contributed by atoms with Crippen molar-refractivity contribution in [3.63, 3.8) is 0 Å². The number of ether oxygens (including phenoxy) is 1. The minimum atomic E-state index is -0.104. The zero-order valence-corrected chi connectivity index (χ0v) is 13.0. The van der Waals surface area contributed by atoms with Crippen LogP contribution >= 0.6 is 11.8 Å². The number of benzene rings is 1. The van der Waals surface area contributed by atoms with Gasteiger partial charge >= 0.3 is 0 Å². The minimum Gasteiger partial charge on any atom is -0.379 e. The summed E-state index contributed by atoms with van der Waals surface area (Å²) >= 11 is 1.71. The third-order valence-corrected chi connectivity index (χ3v) is 4.51. The predicted molar refractivity (Wildman–Crippen MR) is 81.9 cm³/mol. The second-order valence-corrected chi connectivity index (χ2v) is 5.92. The zero-order chi connectivity index (χ0) is 14.5. The van der Waals surface area contributed by atoms with E-state index in [1.807, 2.05) is 14.0 Å². The highest BCUT2D eigenvalue weighted by Gasteiger charge is 2.33. The van der Waals surface area contributed by atoms with Crippen LogP contribution in [0.15, 0.2) is 29.2 Å². The predicted octanol–water partition coefficient (Wildman–Crippen LogP) is 1.82. The van der Waals surface area contributed by atoms with Crippen LogP contribution in [0.2, 0.25) is 0 Å². The first-order chi connectivity index (χ1) is 9.65. The summed E-state index contributed by atoms with van der Waals surface area (Å²) in [6, 6.07) is 8.42. The summed E-state index contributed by atoms with van der Waals surface area (Å²) in [5.74, 6) is -0.0452. The molecule has 2 rings (SSSR count). The number of carbonyl (C=O) groups is 1. The van der Waals surface area contributed by atoms with Gasteiger partial charge in [-0.2, -0.15) is 0 Å². The second-order valence-electron chi connectivity index (χ2n) is 5.04. The van der Waals surface area contributed by atoms with E-state index in [0.717, 1.165) is 5.56 Å². The third kappa shape index (κ3) is 3.53. The van der Waals surface area contributed by atoms with Gasteiger partial charge in [0.25, 0.3) is 0 Å². The molecule has 0 aromatic heterocycles. The normalized spacial score (nSPS) is 23.6. The zero-order valence-electron chi connectivity index (χ0n) is 12.2. The number of carbonyl (C=O) groups excluding carboxylic acids is 1. The summed E-state index contributed by atoms with van der Waals surface area (Å²) < 4.78 is 5.37. The molecule has 0 spiro atoms. The Morgan fingerprint density at radius 3 is 2.65 bits per heavy atom. The minimum absolute atomic E-state index is 0.0107. The smallest absolute Gasteiger partial charge is 0.227 e. The van der Waals surface area contributed by atoms with Gasteiger partial charge in [0.1, 0.15) is 0 Å². The van der Waals surface area contributed by atoms with E-state index in [0.29, 0.717) is 13.2 Å². The summed E-state index contributed by atoms with van der Waals surface area (Å²) in [7, 11) is 1.87. The third-order valence-electron chi connectivity index (χ3n) is 3.76. The molecule has 110 valence electrons. The molecular formula is C15H22N2O2S. The highest BCUT2D eigenvalue weighted by atomic mass is 32.2. The van der Waals surface area contributed by atoms with E-state index in [4.69, 9.17) is 4.74 Å². The molecule has 4 nitrogen and oxygen atoms in total. The monoisotopic (exact) mass is 294 g/mol. The van der Waals surface area contributed by atoms with E-state index in [9.17, 15) is 4.79 Å². The first-order valence-corrected chi connectivity index (χ1v) is 8.07. The molecule has 3 atom stereocenters. The molecule has 20 heavy (non-hydrogen) atoms. The number of hydrogen-bond acceptors (Lipinski definition) is 4. The molecule has 0 bridgehead atoms. The van der Waals surface area contributed by atoms with Crippen molar-refractivity contribution in [2.45, 2.75) is 23.9 Å². The van der Waals surface area contributed by atoms with Gasteiger partial charge in [-0.25, -0.2) is 0 Å². The van der Waals surface area contributed by atoms with Crippen LogP contribution in [0, 0.1) is 5.92 Å². The average molecular weight is 294 g/mol. The number of amides is 1. The van der Waals surface area contributed by atoms with E-state index in [2.05, 4.69) is 41.2 Å². The van der Waals surface area contributed by atoms with Gasteiger partial charge in [-0.1, -0.05) is 12.1 Å². The summed E-state index contributed by atoms with van der Waals surface area (Å²) in [5, 5.41) is 6.21. The Bertz CT molecular complexity index is 450. The molecule has 1 aromatic rings. The number of hydrogen-bond donors (Lipinski definition) is 2. The van der Waals surface area contributed by atoms with Crippen LogP contribution in [0.3, 0.4) is 0 Å². The molecule has 0 saturated carbocycles. The molecule has 1 aromatic carbocycles. The molecule has 3 unspecified atom stereocenters. The van der Waals surface area contributed by atoms with Gasteiger partial charge in [0.05, 0.1) is 25.2 Å². The standard InChI is InChI=1S/C15H22N2O2S/c1-10(11-4-6-12(20-3)7-5-11)17-15(18)13-8-19-9-14(13)16-2/h4-7,10,13-14,16H,8-9H2,1-3H3,(H,17,18). The Labute approximate surface area is 124 Å². The first kappa shape index (κ1) is 15.4. The van der Waals surface area contributed by atoms with Crippen LogP contribution in [-0.4, -0.2) is 38.5 Å². The van der Waals surface area contributed by atoms with Crippen molar-refractivity contribution in [2.24, 2.45) is 5.92 Å². The van der Waals surface area contributed by atoms with E-state index < -0.39 is 0 Å². The lowest BCUT2D eigenvalue weighted by molar-refractivity contribution is -0.126. The molecule has 1 heterocycles. The quantitative estimate of drug-likeness (QED) is 0.813. The number of nitrogens with one attached hydrogen (secondary N) is 2. The van der Waals surface area contributed by atoms with Gasteiger partial charge in [0, 0.05) is 10.9 Å². The highest BCUT2D eigenvalue weighted by molar-refractivity contribution is 7.98. The SMILES string of the molecule is CNC1COCC1C(=O)NC(C)c1ccc(SC)cc1. The van der Waals surface area contributed by atoms with Gasteiger partial charge in [-0.05, 0) is 37.9 Å². The summed E-state index contributed by atoms with van der Waals surface area (Å²) in [5.41, 5.74) is 1.12. The maximum absolute atomic E-state index is 12.3. The van der Waals surface area contributed by atoms with Crippen LogP contribution < -0.4 is 10.6 Å². The van der Waals surface area contributed by atoms with Crippen molar-refractivity contribution in [1.82, 2.24) is 10.6 Å². The fraction of sp³-hybridized carbons (Fsp3) is 0.533. The fourth-order valence-electron chi connectivity index (χ4n) is 2.39. The fourth-order valence-corrected chi connectivity index (χ4v) is 2.80. The van der Waals surface area contributed by atoms with Crippen molar-refractivity contribution in [3.05, 3.63) is 29.8 Å². The molecule has 0 radical (unpaired) electrons. The van der Waals surface area contributed by atoms with Crippen molar-refractivity contribution in [2.75, 3.05) is 26.5 Å². The molecular weight excluding hydrogens is 272 g/mol. The Morgan fingerprint density at radius 1 is 1.35 bits per heavy atom. The Kier molecular flexibility index (Phi) is 5.46. The van der Waals surface area contributed by atoms with Crippen LogP contribution in [0.4, 0.5) is 0 Å². The highest BCUT2D eigenvalue weighted by Crippen LogP contribution is 2.20. The summed E-state index contributed by atoms with van der Waals surface area (Å²) in [4.78, 5) is 13.5. The lowest BCUT2D eigenvalue weighted by Crippen LogP contribution is -2.43. The van der Waals surface area contributed by atoms with E-state index in [1.165, 1.54) is 4.90 Å². The van der Waals surface area contributed by atoms with Crippen LogP contribution in [0.5, 0.6) is 0 Å². The molecule has 1 aliphatic heterocycles. The van der Waals surface area contributed by atoms with Crippen molar-refractivity contribution >= 4 is 17.7 Å². The lowest BCUT2D eigenvalue weighted by atomic mass is 10.0. The van der Waals surface area contributed by atoms with Crippen molar-refractivity contribution in [1.29, 1.82) is 0 Å². The van der Waals surface area contributed by atoms with E-state index >= 15 is 0 Å².